The zero-order chi connectivity index (χ0) is 41.1. The molecular formula is C43H44F4N8O3. The third-order valence-corrected chi connectivity index (χ3v) is 9.87. The van der Waals surface area contributed by atoms with Gasteiger partial charge < -0.3 is 5.11 Å². The maximum Gasteiger partial charge on any atom is 0.416 e. The number of phenols is 1. The average Bonchev–Trinajstić information content (AvgIpc) is 3.17. The Morgan fingerprint density at radius 2 is 1.24 bits per heavy atom. The molecule has 11 nitrogen and oxygen atoms in total. The first kappa shape index (κ1) is 41.8. The molecule has 0 amide bonds. The Balaban J connectivity index is 1.35. The van der Waals surface area contributed by atoms with E-state index in [9.17, 15) is 38.0 Å². The second-order valence-corrected chi connectivity index (χ2v) is 14.5. The summed E-state index contributed by atoms with van der Waals surface area (Å²) in [6.45, 7) is 4.17. The first-order valence-corrected chi connectivity index (χ1v) is 18.9. The minimum atomic E-state index is -4.59. The molecule has 1 N–H and O–H groups in total. The van der Waals surface area contributed by atoms with Crippen molar-refractivity contribution >= 4 is 5.69 Å². The summed E-state index contributed by atoms with van der Waals surface area (Å²) in [5.74, 6) is -0.580. The molecule has 15 heteroatoms. The van der Waals surface area contributed by atoms with Crippen LogP contribution in [0.15, 0.2) is 103 Å². The van der Waals surface area contributed by atoms with Crippen LogP contribution < -0.4 is 0 Å². The van der Waals surface area contributed by atoms with E-state index in [1.807, 2.05) is 52.3 Å². The van der Waals surface area contributed by atoms with Gasteiger partial charge in [-0.3, -0.25) is 39.7 Å². The standard InChI is InChI=1S/C43H44F4N8O3/c44-36-8-1-6-32(22-36)26-54-30-39-11-3-9-37(49-39)28-51(19-16-48)17-5-18-52(27-34-24-35(43(45,46)47)14-15-42(34)56)20-21-53(29-38-10-4-12-40(31-54)50-38)25-33-7-2-13-41(23-33)55(57)58/h1-4,6-15,22-24,56H,5,17-21,25-31H2. The normalized spacial score (nSPS) is 15.8. The quantitative estimate of drug-likeness (QED) is 0.0724. The number of hydrogen-bond acceptors (Lipinski definition) is 10. The number of hydrogen-bond donors (Lipinski definition) is 1. The van der Waals surface area contributed by atoms with Gasteiger partial charge in [0.05, 0.1) is 45.9 Å². The number of halogens is 4. The molecule has 0 saturated heterocycles. The zero-order valence-electron chi connectivity index (χ0n) is 31.9. The number of nitro groups is 1. The fourth-order valence-electron chi connectivity index (χ4n) is 7.14. The van der Waals surface area contributed by atoms with Crippen molar-refractivity contribution in [3.8, 4) is 11.8 Å². The van der Waals surface area contributed by atoms with Gasteiger partial charge in [0.15, 0.2) is 0 Å². The Morgan fingerprint density at radius 1 is 0.690 bits per heavy atom. The van der Waals surface area contributed by atoms with E-state index in [0.717, 1.165) is 46.5 Å². The van der Waals surface area contributed by atoms with E-state index in [4.69, 9.17) is 9.97 Å². The number of rotatable bonds is 8. The molecule has 2 aromatic heterocycles. The van der Waals surface area contributed by atoms with E-state index in [1.54, 1.807) is 18.2 Å². The van der Waals surface area contributed by atoms with Crippen molar-refractivity contribution in [1.29, 1.82) is 5.26 Å². The van der Waals surface area contributed by atoms with E-state index in [0.29, 0.717) is 77.4 Å². The number of phenolic OH excluding ortho intramolecular Hbond substituents is 1. The highest BCUT2D eigenvalue weighted by Gasteiger charge is 2.31. The van der Waals surface area contributed by atoms with Crippen LogP contribution >= 0.6 is 0 Å². The van der Waals surface area contributed by atoms with Crippen molar-refractivity contribution in [2.75, 3.05) is 32.7 Å². The molecule has 3 heterocycles. The van der Waals surface area contributed by atoms with Crippen LogP contribution in [0.1, 0.15) is 51.5 Å². The lowest BCUT2D eigenvalue weighted by atomic mass is 10.1. The maximum absolute atomic E-state index is 14.3. The molecule has 0 spiro atoms. The molecule has 0 saturated carbocycles. The van der Waals surface area contributed by atoms with Crippen LogP contribution in [0.2, 0.25) is 0 Å². The summed E-state index contributed by atoms with van der Waals surface area (Å²) in [7, 11) is 0. The van der Waals surface area contributed by atoms with Crippen molar-refractivity contribution in [2.45, 2.75) is 58.4 Å². The molecule has 0 fully saturated rings. The summed E-state index contributed by atoms with van der Waals surface area (Å²) in [6, 6.07) is 29.4. The highest BCUT2D eigenvalue weighted by Crippen LogP contribution is 2.33. The number of fused-ring (bicyclic) bond motifs is 4. The van der Waals surface area contributed by atoms with Crippen LogP contribution in [0.3, 0.4) is 0 Å². The van der Waals surface area contributed by atoms with Crippen LogP contribution in [0, 0.1) is 27.3 Å². The minimum absolute atomic E-state index is 0.0249. The molecule has 1 aliphatic rings. The third kappa shape index (κ3) is 12.4. The van der Waals surface area contributed by atoms with Gasteiger partial charge in [-0.25, -0.2) is 4.39 Å². The highest BCUT2D eigenvalue weighted by molar-refractivity contribution is 5.37. The number of nitro benzene ring substituents is 1. The molecule has 0 atom stereocenters. The van der Waals surface area contributed by atoms with Gasteiger partial charge in [0.1, 0.15) is 11.6 Å². The van der Waals surface area contributed by atoms with Crippen LogP contribution in [0.25, 0.3) is 0 Å². The Bertz CT molecular complexity index is 2220. The van der Waals surface area contributed by atoms with Crippen LogP contribution in [-0.2, 0) is 52.0 Å². The van der Waals surface area contributed by atoms with E-state index in [1.165, 1.54) is 24.3 Å². The van der Waals surface area contributed by atoms with Gasteiger partial charge in [-0.15, -0.1) is 0 Å². The monoisotopic (exact) mass is 796 g/mol. The molecule has 302 valence electrons. The molecule has 1 aliphatic heterocycles. The number of nitrogens with zero attached hydrogens (tertiary/aromatic N) is 8. The van der Waals surface area contributed by atoms with Crippen LogP contribution in [0.5, 0.6) is 5.75 Å². The lowest BCUT2D eigenvalue weighted by molar-refractivity contribution is -0.384. The van der Waals surface area contributed by atoms with Crippen molar-refractivity contribution in [3.63, 3.8) is 0 Å². The van der Waals surface area contributed by atoms with E-state index in [-0.39, 0.29) is 35.9 Å². The summed E-state index contributed by atoms with van der Waals surface area (Å²) < 4.78 is 55.5. The first-order chi connectivity index (χ1) is 27.9. The van der Waals surface area contributed by atoms with Crippen LogP contribution in [0.4, 0.5) is 23.2 Å². The topological polar surface area (TPSA) is 126 Å². The van der Waals surface area contributed by atoms with Gasteiger partial charge >= 0.3 is 6.18 Å². The molecule has 58 heavy (non-hydrogen) atoms. The molecule has 4 bridgehead atoms. The molecule has 3 aromatic carbocycles. The van der Waals surface area contributed by atoms with Crippen molar-refractivity contribution in [2.24, 2.45) is 0 Å². The number of pyridine rings is 2. The molecule has 0 radical (unpaired) electrons. The van der Waals surface area contributed by atoms with Crippen molar-refractivity contribution in [1.82, 2.24) is 29.6 Å². The number of alkyl halides is 3. The molecule has 5 aromatic rings. The Hall–Kier alpha value is -5.79. The Labute approximate surface area is 334 Å². The van der Waals surface area contributed by atoms with Gasteiger partial charge in [-0.05, 0) is 78.7 Å². The van der Waals surface area contributed by atoms with Crippen LogP contribution in [-0.4, -0.2) is 72.3 Å². The van der Waals surface area contributed by atoms with Gasteiger partial charge in [-0.1, -0.05) is 36.4 Å². The Morgan fingerprint density at radius 3 is 1.86 bits per heavy atom. The molecular weight excluding hydrogens is 753 g/mol. The largest absolute Gasteiger partial charge is 0.508 e. The highest BCUT2D eigenvalue weighted by atomic mass is 19.4. The third-order valence-electron chi connectivity index (χ3n) is 9.87. The average molecular weight is 797 g/mol. The number of aromatic nitrogens is 2. The van der Waals surface area contributed by atoms with Crippen molar-refractivity contribution < 1.29 is 27.6 Å². The fourth-order valence-corrected chi connectivity index (χ4v) is 7.14. The SMILES string of the molecule is N#CCN1CCCN(Cc2cc(C(F)(F)F)ccc2O)CCN(Cc2cccc([N+](=O)[O-])c2)Cc2cccc(n2)CN(Cc2cccc(F)c2)Cc2cccc(n2)C1. The molecule has 0 aliphatic carbocycles. The van der Waals surface area contributed by atoms with Gasteiger partial charge in [0.25, 0.3) is 5.69 Å². The Kier molecular flexibility index (Phi) is 14.1. The maximum atomic E-state index is 14.3. The summed E-state index contributed by atoms with van der Waals surface area (Å²) >= 11 is 0. The zero-order valence-corrected chi connectivity index (χ0v) is 31.9. The van der Waals surface area contributed by atoms with E-state index in [2.05, 4.69) is 15.9 Å². The summed E-state index contributed by atoms with van der Waals surface area (Å²) in [4.78, 5) is 29.3. The van der Waals surface area contributed by atoms with Gasteiger partial charge in [0.2, 0.25) is 0 Å². The number of aromatic hydroxyl groups is 1. The lowest BCUT2D eigenvalue weighted by Gasteiger charge is -2.29. The minimum Gasteiger partial charge on any atom is -0.508 e. The second kappa shape index (κ2) is 19.6. The van der Waals surface area contributed by atoms with E-state index < -0.39 is 16.7 Å². The molecule has 0 unspecified atom stereocenters. The number of nitriles is 1. The number of non-ortho nitro benzene ring substituents is 1. The summed E-state index contributed by atoms with van der Waals surface area (Å²) in [5, 5.41) is 32.0. The predicted molar refractivity (Wildman–Crippen MR) is 209 cm³/mol. The van der Waals surface area contributed by atoms with Gasteiger partial charge in [-0.2, -0.15) is 18.4 Å². The first-order valence-electron chi connectivity index (χ1n) is 18.9. The van der Waals surface area contributed by atoms with Gasteiger partial charge in [0, 0.05) is 83.1 Å². The lowest BCUT2D eigenvalue weighted by Crippen LogP contribution is -2.36. The second-order valence-electron chi connectivity index (χ2n) is 14.5. The summed E-state index contributed by atoms with van der Waals surface area (Å²) in [5.41, 5.74) is 3.77. The van der Waals surface area contributed by atoms with E-state index >= 15 is 0 Å². The molecule has 6 rings (SSSR count). The van der Waals surface area contributed by atoms with Crippen molar-refractivity contribution in [3.05, 3.63) is 164 Å². The summed E-state index contributed by atoms with van der Waals surface area (Å²) in [6.07, 6.45) is -4.04. The number of benzene rings is 3. The predicted octanol–water partition coefficient (Wildman–Crippen LogP) is 7.68. The fraction of sp³-hybridized carbons (Fsp3) is 0.326. The smallest absolute Gasteiger partial charge is 0.416 e.